The first-order chi connectivity index (χ1) is 14.5. The van der Waals surface area contributed by atoms with E-state index in [0.29, 0.717) is 21.5 Å². The molecule has 2 aromatic carbocycles. The standard InChI is InChI=1S/C23H18N4O2S/c1-14-6-7-17(8-15(14)2)19-12-30-22-21(19)23(29)27(13-25-22)11-20(28)26-18-5-3-4-16(9-18)10-24/h3-9,12-13H,11H2,1-2H3,(H,26,28). The number of hydrogen-bond donors (Lipinski definition) is 1. The molecule has 0 fully saturated rings. The summed E-state index contributed by atoms with van der Waals surface area (Å²) >= 11 is 1.41. The third-order valence-electron chi connectivity index (χ3n) is 4.97. The fourth-order valence-electron chi connectivity index (χ4n) is 3.22. The van der Waals surface area contributed by atoms with E-state index in [2.05, 4.69) is 16.4 Å². The van der Waals surface area contributed by atoms with Crippen molar-refractivity contribution >= 4 is 33.1 Å². The Morgan fingerprint density at radius 3 is 2.80 bits per heavy atom. The number of carbonyl (C=O) groups excluding carboxylic acids is 1. The van der Waals surface area contributed by atoms with Crippen LogP contribution in [-0.4, -0.2) is 15.5 Å². The molecular formula is C23H18N4O2S. The van der Waals surface area contributed by atoms with E-state index >= 15 is 0 Å². The Bertz CT molecular complexity index is 1380. The zero-order valence-corrected chi connectivity index (χ0v) is 17.3. The lowest BCUT2D eigenvalue weighted by atomic mass is 10.0. The Kier molecular flexibility index (Phi) is 5.17. The fraction of sp³-hybridized carbons (Fsp3) is 0.130. The van der Waals surface area contributed by atoms with Crippen LogP contribution in [0.1, 0.15) is 16.7 Å². The number of anilines is 1. The highest BCUT2D eigenvalue weighted by Gasteiger charge is 2.15. The van der Waals surface area contributed by atoms with Crippen LogP contribution in [0.25, 0.3) is 21.3 Å². The van der Waals surface area contributed by atoms with Crippen molar-refractivity contribution < 1.29 is 4.79 Å². The van der Waals surface area contributed by atoms with Crippen molar-refractivity contribution in [1.82, 2.24) is 9.55 Å². The number of rotatable bonds is 4. The second-order valence-electron chi connectivity index (χ2n) is 7.05. The van der Waals surface area contributed by atoms with Gasteiger partial charge in [0, 0.05) is 16.6 Å². The number of carbonyl (C=O) groups is 1. The van der Waals surface area contributed by atoms with Gasteiger partial charge in [0.25, 0.3) is 5.56 Å². The molecule has 2 heterocycles. The van der Waals surface area contributed by atoms with Gasteiger partial charge in [-0.05, 0) is 48.7 Å². The van der Waals surface area contributed by atoms with Crippen LogP contribution in [0.4, 0.5) is 5.69 Å². The Balaban J connectivity index is 1.66. The smallest absolute Gasteiger partial charge is 0.263 e. The minimum absolute atomic E-state index is 0.166. The van der Waals surface area contributed by atoms with E-state index in [0.717, 1.165) is 16.7 Å². The van der Waals surface area contributed by atoms with Crippen molar-refractivity contribution in [3.05, 3.63) is 81.2 Å². The van der Waals surface area contributed by atoms with E-state index in [1.54, 1.807) is 24.3 Å². The number of benzene rings is 2. The van der Waals surface area contributed by atoms with Crippen LogP contribution >= 0.6 is 11.3 Å². The second kappa shape index (κ2) is 7.93. The Labute approximate surface area is 177 Å². The van der Waals surface area contributed by atoms with Crippen LogP contribution in [0.3, 0.4) is 0 Å². The Morgan fingerprint density at radius 2 is 2.03 bits per heavy atom. The summed E-state index contributed by atoms with van der Waals surface area (Å²) in [4.78, 5) is 30.6. The highest BCUT2D eigenvalue weighted by atomic mass is 32.1. The molecule has 0 saturated carbocycles. The van der Waals surface area contributed by atoms with Crippen molar-refractivity contribution in [2.45, 2.75) is 20.4 Å². The minimum atomic E-state index is -0.365. The summed E-state index contributed by atoms with van der Waals surface area (Å²) in [6.45, 7) is 3.92. The monoisotopic (exact) mass is 414 g/mol. The molecule has 0 radical (unpaired) electrons. The molecule has 0 atom stereocenters. The van der Waals surface area contributed by atoms with Gasteiger partial charge in [0.1, 0.15) is 11.4 Å². The van der Waals surface area contributed by atoms with Crippen molar-refractivity contribution in [2.75, 3.05) is 5.32 Å². The highest BCUT2D eigenvalue weighted by Crippen LogP contribution is 2.31. The summed E-state index contributed by atoms with van der Waals surface area (Å²) in [5, 5.41) is 14.2. The predicted octanol–water partition coefficient (Wildman–Crippen LogP) is 4.25. The van der Waals surface area contributed by atoms with E-state index in [1.807, 2.05) is 37.4 Å². The molecule has 148 valence electrons. The molecule has 4 rings (SSSR count). The molecule has 1 amide bonds. The van der Waals surface area contributed by atoms with Gasteiger partial charge in [-0.25, -0.2) is 4.98 Å². The number of fused-ring (bicyclic) bond motifs is 1. The Hall–Kier alpha value is -3.76. The van der Waals surface area contributed by atoms with Gasteiger partial charge < -0.3 is 5.32 Å². The molecule has 0 bridgehead atoms. The van der Waals surface area contributed by atoms with Crippen molar-refractivity contribution in [1.29, 1.82) is 5.26 Å². The first-order valence-electron chi connectivity index (χ1n) is 9.30. The third kappa shape index (κ3) is 3.73. The van der Waals surface area contributed by atoms with Crippen LogP contribution < -0.4 is 10.9 Å². The van der Waals surface area contributed by atoms with Crippen LogP contribution in [0.15, 0.2) is 59.0 Å². The average Bonchev–Trinajstić information content (AvgIpc) is 3.17. The van der Waals surface area contributed by atoms with Gasteiger partial charge in [-0.2, -0.15) is 5.26 Å². The van der Waals surface area contributed by atoms with Crippen molar-refractivity contribution in [3.63, 3.8) is 0 Å². The van der Waals surface area contributed by atoms with Gasteiger partial charge in [0.2, 0.25) is 5.91 Å². The van der Waals surface area contributed by atoms with Gasteiger partial charge >= 0.3 is 0 Å². The molecule has 7 heteroatoms. The number of aryl methyl sites for hydroxylation is 2. The van der Waals surface area contributed by atoms with E-state index in [-0.39, 0.29) is 18.0 Å². The lowest BCUT2D eigenvalue weighted by Gasteiger charge is -2.08. The maximum atomic E-state index is 13.1. The number of hydrogen-bond acceptors (Lipinski definition) is 5. The van der Waals surface area contributed by atoms with Gasteiger partial charge in [0.05, 0.1) is 23.3 Å². The molecule has 0 saturated heterocycles. The maximum Gasteiger partial charge on any atom is 0.263 e. The molecule has 4 aromatic rings. The number of amides is 1. The lowest BCUT2D eigenvalue weighted by Crippen LogP contribution is -2.27. The maximum absolute atomic E-state index is 13.1. The SMILES string of the molecule is Cc1ccc(-c2csc3ncn(CC(=O)Nc4cccc(C#N)c4)c(=O)c23)cc1C. The molecular weight excluding hydrogens is 396 g/mol. The molecule has 0 spiro atoms. The van der Waals surface area contributed by atoms with E-state index < -0.39 is 0 Å². The summed E-state index contributed by atoms with van der Waals surface area (Å²) in [6.07, 6.45) is 1.40. The predicted molar refractivity (Wildman–Crippen MR) is 119 cm³/mol. The zero-order chi connectivity index (χ0) is 21.3. The minimum Gasteiger partial charge on any atom is -0.324 e. The first kappa shape index (κ1) is 19.6. The third-order valence-corrected chi connectivity index (χ3v) is 5.85. The molecule has 1 N–H and O–H groups in total. The normalized spacial score (nSPS) is 10.7. The molecule has 30 heavy (non-hydrogen) atoms. The molecule has 0 aliphatic rings. The van der Waals surface area contributed by atoms with Crippen LogP contribution in [-0.2, 0) is 11.3 Å². The summed E-state index contributed by atoms with van der Waals surface area (Å²) in [6, 6.07) is 14.7. The largest absolute Gasteiger partial charge is 0.324 e. The van der Waals surface area contributed by atoms with Gasteiger partial charge in [-0.1, -0.05) is 24.3 Å². The van der Waals surface area contributed by atoms with E-state index in [4.69, 9.17) is 5.26 Å². The first-order valence-corrected chi connectivity index (χ1v) is 10.2. The lowest BCUT2D eigenvalue weighted by molar-refractivity contribution is -0.116. The van der Waals surface area contributed by atoms with Crippen molar-refractivity contribution in [2.24, 2.45) is 0 Å². The number of nitriles is 1. The quantitative estimate of drug-likeness (QED) is 0.541. The average molecular weight is 414 g/mol. The fourth-order valence-corrected chi connectivity index (χ4v) is 4.13. The van der Waals surface area contributed by atoms with Crippen LogP contribution in [0.2, 0.25) is 0 Å². The van der Waals surface area contributed by atoms with Gasteiger partial charge in [-0.3, -0.25) is 14.2 Å². The second-order valence-corrected chi connectivity index (χ2v) is 7.91. The van der Waals surface area contributed by atoms with Gasteiger partial charge in [0.15, 0.2) is 0 Å². The zero-order valence-electron chi connectivity index (χ0n) is 16.5. The molecule has 0 aliphatic carbocycles. The van der Waals surface area contributed by atoms with Crippen molar-refractivity contribution in [3.8, 4) is 17.2 Å². The summed E-state index contributed by atoms with van der Waals surface area (Å²) < 4.78 is 1.31. The highest BCUT2D eigenvalue weighted by molar-refractivity contribution is 7.17. The number of aromatic nitrogens is 2. The van der Waals surface area contributed by atoms with Crippen LogP contribution in [0.5, 0.6) is 0 Å². The van der Waals surface area contributed by atoms with Gasteiger partial charge in [-0.15, -0.1) is 11.3 Å². The topological polar surface area (TPSA) is 87.8 Å². The summed E-state index contributed by atoms with van der Waals surface area (Å²) in [5.74, 6) is -0.365. The molecule has 0 aliphatic heterocycles. The van der Waals surface area contributed by atoms with E-state index in [1.165, 1.54) is 27.8 Å². The molecule has 6 nitrogen and oxygen atoms in total. The number of thiophene rings is 1. The summed E-state index contributed by atoms with van der Waals surface area (Å²) in [7, 11) is 0. The van der Waals surface area contributed by atoms with E-state index in [9.17, 15) is 9.59 Å². The number of nitrogens with zero attached hydrogens (tertiary/aromatic N) is 3. The summed E-state index contributed by atoms with van der Waals surface area (Å²) in [5.41, 5.74) is 4.82. The van der Waals surface area contributed by atoms with Crippen LogP contribution in [0, 0.1) is 25.2 Å². The Morgan fingerprint density at radius 1 is 1.20 bits per heavy atom. The number of nitrogens with one attached hydrogen (secondary N) is 1. The molecule has 2 aromatic heterocycles. The molecule has 0 unspecified atom stereocenters.